The van der Waals surface area contributed by atoms with Crippen molar-refractivity contribution in [3.63, 3.8) is 0 Å². The molecule has 2 rings (SSSR count). The van der Waals surface area contributed by atoms with E-state index in [0.717, 1.165) is 32.4 Å². The van der Waals surface area contributed by atoms with Crippen molar-refractivity contribution in [2.24, 2.45) is 0 Å². The summed E-state index contributed by atoms with van der Waals surface area (Å²) in [6.45, 7) is 4.26. The molecule has 0 bridgehead atoms. The van der Waals surface area contributed by atoms with Gasteiger partial charge in [0.05, 0.1) is 6.10 Å². The molecule has 0 radical (unpaired) electrons. The van der Waals surface area contributed by atoms with Crippen LogP contribution in [0.15, 0.2) is 0 Å². The van der Waals surface area contributed by atoms with Gasteiger partial charge in [0.1, 0.15) is 0 Å². The normalized spacial score (nSPS) is 18.8. The molecule has 2 heterocycles. The zero-order valence-electron chi connectivity index (χ0n) is 10.4. The summed E-state index contributed by atoms with van der Waals surface area (Å²) in [5.41, 5.74) is 0. The average Bonchev–Trinajstić information content (AvgIpc) is 3.04. The van der Waals surface area contributed by atoms with E-state index in [9.17, 15) is 4.79 Å². The lowest BCUT2D eigenvalue weighted by Crippen LogP contribution is -2.31. The van der Waals surface area contributed by atoms with Gasteiger partial charge in [-0.1, -0.05) is 18.3 Å². The molecule has 1 saturated heterocycles. The summed E-state index contributed by atoms with van der Waals surface area (Å²) in [4.78, 5) is 11.8. The number of ether oxygens (including phenoxy) is 1. The molecule has 1 aromatic heterocycles. The minimum absolute atomic E-state index is 0.152. The Balaban J connectivity index is 1.78. The van der Waals surface area contributed by atoms with E-state index in [1.54, 1.807) is 0 Å². The van der Waals surface area contributed by atoms with Gasteiger partial charge < -0.3 is 15.4 Å². The molecule has 7 heteroatoms. The zero-order valence-corrected chi connectivity index (χ0v) is 11.3. The first kappa shape index (κ1) is 13.2. The third-order valence-corrected chi connectivity index (χ3v) is 3.54. The molecule has 1 amide bonds. The Hall–Kier alpha value is -1.21. The van der Waals surface area contributed by atoms with Crippen LogP contribution in [0.2, 0.25) is 0 Å². The maximum atomic E-state index is 11.8. The number of anilines is 1. The lowest BCUT2D eigenvalue weighted by molar-refractivity contribution is 0.0857. The molecular weight excluding hydrogens is 252 g/mol. The number of nitrogens with zero attached hydrogens (tertiary/aromatic N) is 2. The number of amides is 1. The van der Waals surface area contributed by atoms with Gasteiger partial charge in [0.15, 0.2) is 0 Å². The number of aromatic nitrogens is 2. The molecule has 1 aromatic rings. The highest BCUT2D eigenvalue weighted by atomic mass is 32.1. The van der Waals surface area contributed by atoms with E-state index in [0.29, 0.717) is 16.7 Å². The zero-order chi connectivity index (χ0) is 12.8. The van der Waals surface area contributed by atoms with Crippen molar-refractivity contribution in [3.8, 4) is 0 Å². The van der Waals surface area contributed by atoms with Gasteiger partial charge in [-0.2, -0.15) is 0 Å². The highest BCUT2D eigenvalue weighted by molar-refractivity contribution is 7.17. The molecule has 6 nitrogen and oxygen atoms in total. The van der Waals surface area contributed by atoms with Crippen molar-refractivity contribution in [1.29, 1.82) is 0 Å². The van der Waals surface area contributed by atoms with E-state index in [-0.39, 0.29) is 12.0 Å². The molecule has 0 spiro atoms. The first-order valence-electron chi connectivity index (χ1n) is 6.26. The van der Waals surface area contributed by atoms with Crippen molar-refractivity contribution in [3.05, 3.63) is 5.01 Å². The Morgan fingerprint density at radius 3 is 3.17 bits per heavy atom. The summed E-state index contributed by atoms with van der Waals surface area (Å²) in [6, 6.07) is 0. The lowest BCUT2D eigenvalue weighted by atomic mass is 10.2. The molecule has 1 aliphatic heterocycles. The highest BCUT2D eigenvalue weighted by Crippen LogP contribution is 2.15. The number of nitrogens with one attached hydrogen (secondary N) is 2. The smallest absolute Gasteiger partial charge is 0.282 e. The molecule has 18 heavy (non-hydrogen) atoms. The first-order valence-corrected chi connectivity index (χ1v) is 7.08. The van der Waals surface area contributed by atoms with Gasteiger partial charge in [0.2, 0.25) is 10.1 Å². The molecule has 0 aromatic carbocycles. The van der Waals surface area contributed by atoms with Gasteiger partial charge in [-0.05, 0) is 19.3 Å². The van der Waals surface area contributed by atoms with Crippen LogP contribution < -0.4 is 10.6 Å². The molecule has 2 N–H and O–H groups in total. The topological polar surface area (TPSA) is 76.1 Å². The molecule has 100 valence electrons. The summed E-state index contributed by atoms with van der Waals surface area (Å²) < 4.78 is 5.44. The second-order valence-electron chi connectivity index (χ2n) is 4.18. The van der Waals surface area contributed by atoms with E-state index < -0.39 is 0 Å². The second kappa shape index (κ2) is 6.65. The first-order chi connectivity index (χ1) is 8.79. The van der Waals surface area contributed by atoms with Gasteiger partial charge in [0.25, 0.3) is 5.91 Å². The minimum Gasteiger partial charge on any atom is -0.376 e. The fraction of sp³-hybridized carbons (Fsp3) is 0.727. The second-order valence-corrected chi connectivity index (χ2v) is 5.16. The van der Waals surface area contributed by atoms with Crippen molar-refractivity contribution in [2.75, 3.05) is 25.0 Å². The summed E-state index contributed by atoms with van der Waals surface area (Å²) in [5.74, 6) is -0.174. The van der Waals surface area contributed by atoms with Crippen molar-refractivity contribution < 1.29 is 9.53 Å². The summed E-state index contributed by atoms with van der Waals surface area (Å²) in [7, 11) is 0. The van der Waals surface area contributed by atoms with Crippen LogP contribution in [-0.4, -0.2) is 41.9 Å². The molecule has 1 atom stereocenters. The van der Waals surface area contributed by atoms with E-state index >= 15 is 0 Å². The quantitative estimate of drug-likeness (QED) is 0.814. The summed E-state index contributed by atoms with van der Waals surface area (Å²) in [5, 5.41) is 14.8. The van der Waals surface area contributed by atoms with Crippen molar-refractivity contribution in [2.45, 2.75) is 32.3 Å². The Bertz CT molecular complexity index is 390. The van der Waals surface area contributed by atoms with Gasteiger partial charge in [-0.15, -0.1) is 10.2 Å². The fourth-order valence-corrected chi connectivity index (χ4v) is 2.39. The lowest BCUT2D eigenvalue weighted by Gasteiger charge is -2.08. The van der Waals surface area contributed by atoms with Crippen LogP contribution in [0.1, 0.15) is 36.0 Å². The number of hydrogen-bond donors (Lipinski definition) is 2. The number of carbonyl (C=O) groups is 1. The van der Waals surface area contributed by atoms with Crippen molar-refractivity contribution in [1.82, 2.24) is 15.5 Å². The Morgan fingerprint density at radius 2 is 2.44 bits per heavy atom. The van der Waals surface area contributed by atoms with Crippen LogP contribution in [0.25, 0.3) is 0 Å². The maximum absolute atomic E-state index is 11.8. The molecule has 1 aliphatic rings. The number of carbonyl (C=O) groups excluding carboxylic acids is 1. The van der Waals surface area contributed by atoms with Crippen LogP contribution in [-0.2, 0) is 4.74 Å². The Morgan fingerprint density at radius 1 is 1.56 bits per heavy atom. The summed E-state index contributed by atoms with van der Waals surface area (Å²) in [6.07, 6.45) is 3.25. The van der Waals surface area contributed by atoms with Crippen molar-refractivity contribution >= 4 is 22.4 Å². The Labute approximate surface area is 110 Å². The summed E-state index contributed by atoms with van der Waals surface area (Å²) >= 11 is 1.28. The number of hydrogen-bond acceptors (Lipinski definition) is 6. The van der Waals surface area contributed by atoms with Crippen LogP contribution in [0.4, 0.5) is 5.13 Å². The monoisotopic (exact) mass is 270 g/mol. The predicted molar refractivity (Wildman–Crippen MR) is 70.0 cm³/mol. The van der Waals surface area contributed by atoms with Crippen LogP contribution in [0.5, 0.6) is 0 Å². The van der Waals surface area contributed by atoms with E-state index in [1.165, 1.54) is 11.3 Å². The molecule has 1 fully saturated rings. The molecule has 1 unspecified atom stereocenters. The molecule has 0 saturated carbocycles. The van der Waals surface area contributed by atoms with E-state index in [1.807, 2.05) is 0 Å². The highest BCUT2D eigenvalue weighted by Gasteiger charge is 2.18. The average molecular weight is 270 g/mol. The van der Waals surface area contributed by atoms with Gasteiger partial charge in [-0.25, -0.2) is 0 Å². The molecule has 0 aliphatic carbocycles. The van der Waals surface area contributed by atoms with Crippen LogP contribution >= 0.6 is 11.3 Å². The molecular formula is C11H18N4O2S. The Kier molecular flexibility index (Phi) is 4.89. The van der Waals surface area contributed by atoms with E-state index in [2.05, 4.69) is 27.8 Å². The van der Waals surface area contributed by atoms with E-state index in [4.69, 9.17) is 4.74 Å². The SMILES string of the molecule is CCCNc1nnc(C(=O)NCC2CCCO2)s1. The standard InChI is InChI=1S/C11H18N4O2S/c1-2-5-12-11-15-14-10(18-11)9(16)13-7-8-4-3-6-17-8/h8H,2-7H2,1H3,(H,12,15)(H,13,16). The number of rotatable bonds is 6. The van der Waals surface area contributed by atoms with Crippen LogP contribution in [0.3, 0.4) is 0 Å². The van der Waals surface area contributed by atoms with Gasteiger partial charge >= 0.3 is 0 Å². The van der Waals surface area contributed by atoms with Crippen LogP contribution in [0, 0.1) is 0 Å². The largest absolute Gasteiger partial charge is 0.376 e. The predicted octanol–water partition coefficient (Wildman–Crippen LogP) is 1.27. The fourth-order valence-electron chi connectivity index (χ4n) is 1.71. The minimum atomic E-state index is -0.174. The third kappa shape index (κ3) is 3.64. The maximum Gasteiger partial charge on any atom is 0.282 e. The van der Waals surface area contributed by atoms with Gasteiger partial charge in [-0.3, -0.25) is 4.79 Å². The third-order valence-electron chi connectivity index (χ3n) is 2.66. The van der Waals surface area contributed by atoms with Gasteiger partial charge in [0, 0.05) is 19.7 Å².